The zero-order valence-corrected chi connectivity index (χ0v) is 11.0. The SMILES string of the molecule is CCNc1cc(C)nc(CN(C)C2CCC2)n1. The molecule has 2 rings (SSSR count). The molecule has 4 heteroatoms. The van der Waals surface area contributed by atoms with Gasteiger partial charge < -0.3 is 5.32 Å². The van der Waals surface area contributed by atoms with E-state index in [2.05, 4.69) is 34.2 Å². The van der Waals surface area contributed by atoms with E-state index >= 15 is 0 Å². The van der Waals surface area contributed by atoms with Crippen molar-refractivity contribution < 1.29 is 0 Å². The monoisotopic (exact) mass is 234 g/mol. The fraction of sp³-hybridized carbons (Fsp3) is 0.692. The number of aryl methyl sites for hydroxylation is 1. The van der Waals surface area contributed by atoms with E-state index in [0.29, 0.717) is 0 Å². The number of nitrogens with zero attached hydrogens (tertiary/aromatic N) is 3. The van der Waals surface area contributed by atoms with Crippen LogP contribution in [-0.4, -0.2) is 34.5 Å². The smallest absolute Gasteiger partial charge is 0.144 e. The predicted octanol–water partition coefficient (Wildman–Crippen LogP) is 2.20. The molecule has 17 heavy (non-hydrogen) atoms. The molecule has 0 spiro atoms. The van der Waals surface area contributed by atoms with E-state index in [1.54, 1.807) is 0 Å². The average Bonchev–Trinajstić information content (AvgIpc) is 2.13. The molecule has 1 N–H and O–H groups in total. The van der Waals surface area contributed by atoms with E-state index in [0.717, 1.165) is 36.5 Å². The van der Waals surface area contributed by atoms with Crippen molar-refractivity contribution >= 4 is 5.82 Å². The summed E-state index contributed by atoms with van der Waals surface area (Å²) in [7, 11) is 2.17. The van der Waals surface area contributed by atoms with Crippen molar-refractivity contribution in [3.63, 3.8) is 0 Å². The van der Waals surface area contributed by atoms with Gasteiger partial charge in [-0.1, -0.05) is 6.42 Å². The molecule has 1 aliphatic rings. The van der Waals surface area contributed by atoms with Crippen LogP contribution in [0.2, 0.25) is 0 Å². The highest BCUT2D eigenvalue weighted by Crippen LogP contribution is 2.24. The molecule has 0 aliphatic heterocycles. The molecular formula is C13H22N4. The largest absolute Gasteiger partial charge is 0.370 e. The predicted molar refractivity (Wildman–Crippen MR) is 70.0 cm³/mol. The van der Waals surface area contributed by atoms with Gasteiger partial charge in [0.1, 0.15) is 11.6 Å². The van der Waals surface area contributed by atoms with Crippen LogP contribution >= 0.6 is 0 Å². The van der Waals surface area contributed by atoms with Crippen LogP contribution in [0.15, 0.2) is 6.07 Å². The molecule has 1 aromatic rings. The topological polar surface area (TPSA) is 41.1 Å². The van der Waals surface area contributed by atoms with E-state index in [-0.39, 0.29) is 0 Å². The van der Waals surface area contributed by atoms with Gasteiger partial charge in [-0.2, -0.15) is 0 Å². The summed E-state index contributed by atoms with van der Waals surface area (Å²) in [5.74, 6) is 1.87. The number of rotatable bonds is 5. The summed E-state index contributed by atoms with van der Waals surface area (Å²) >= 11 is 0. The number of anilines is 1. The van der Waals surface area contributed by atoms with Crippen molar-refractivity contribution in [1.82, 2.24) is 14.9 Å². The minimum atomic E-state index is 0.738. The van der Waals surface area contributed by atoms with Crippen LogP contribution in [0.3, 0.4) is 0 Å². The fourth-order valence-corrected chi connectivity index (χ4v) is 2.15. The van der Waals surface area contributed by atoms with E-state index < -0.39 is 0 Å². The highest BCUT2D eigenvalue weighted by Gasteiger charge is 2.22. The molecule has 4 nitrogen and oxygen atoms in total. The Bertz CT molecular complexity index is 374. The minimum Gasteiger partial charge on any atom is -0.370 e. The van der Waals surface area contributed by atoms with Gasteiger partial charge in [-0.15, -0.1) is 0 Å². The van der Waals surface area contributed by atoms with Crippen molar-refractivity contribution in [2.45, 2.75) is 45.7 Å². The first-order chi connectivity index (χ1) is 8.19. The summed E-state index contributed by atoms with van der Waals surface area (Å²) < 4.78 is 0. The summed E-state index contributed by atoms with van der Waals surface area (Å²) in [6.45, 7) is 5.85. The van der Waals surface area contributed by atoms with Crippen LogP contribution in [0.1, 0.15) is 37.7 Å². The van der Waals surface area contributed by atoms with Gasteiger partial charge in [0.05, 0.1) is 6.54 Å². The highest BCUT2D eigenvalue weighted by atomic mass is 15.2. The first-order valence-electron chi connectivity index (χ1n) is 6.47. The van der Waals surface area contributed by atoms with Gasteiger partial charge in [0.25, 0.3) is 0 Å². The lowest BCUT2D eigenvalue weighted by molar-refractivity contribution is 0.149. The summed E-state index contributed by atoms with van der Waals surface area (Å²) in [6, 6.07) is 2.73. The second-order valence-electron chi connectivity index (χ2n) is 4.84. The maximum atomic E-state index is 4.54. The Labute approximate surface area is 103 Å². The molecule has 0 unspecified atom stereocenters. The van der Waals surface area contributed by atoms with Crippen LogP contribution in [0, 0.1) is 6.92 Å². The molecule has 0 amide bonds. The van der Waals surface area contributed by atoms with Crippen molar-refractivity contribution in [2.24, 2.45) is 0 Å². The van der Waals surface area contributed by atoms with Gasteiger partial charge in [0.15, 0.2) is 0 Å². The van der Waals surface area contributed by atoms with Gasteiger partial charge in [-0.25, -0.2) is 9.97 Å². The summed E-state index contributed by atoms with van der Waals surface area (Å²) in [5.41, 5.74) is 1.04. The first kappa shape index (κ1) is 12.3. The number of nitrogens with one attached hydrogen (secondary N) is 1. The number of aromatic nitrogens is 2. The van der Waals surface area contributed by atoms with E-state index in [1.807, 2.05) is 13.0 Å². The zero-order chi connectivity index (χ0) is 12.3. The molecule has 0 saturated heterocycles. The zero-order valence-electron chi connectivity index (χ0n) is 11.0. The second kappa shape index (κ2) is 5.45. The van der Waals surface area contributed by atoms with E-state index in [9.17, 15) is 0 Å². The van der Waals surface area contributed by atoms with Crippen molar-refractivity contribution in [3.8, 4) is 0 Å². The third kappa shape index (κ3) is 3.16. The van der Waals surface area contributed by atoms with Crippen LogP contribution < -0.4 is 5.32 Å². The Hall–Kier alpha value is -1.16. The lowest BCUT2D eigenvalue weighted by atomic mass is 9.92. The van der Waals surface area contributed by atoms with Gasteiger partial charge in [-0.3, -0.25) is 4.90 Å². The summed E-state index contributed by atoms with van der Waals surface area (Å²) in [4.78, 5) is 11.4. The maximum absolute atomic E-state index is 4.54. The van der Waals surface area contributed by atoms with E-state index in [1.165, 1.54) is 19.3 Å². The Kier molecular flexibility index (Phi) is 3.94. The summed E-state index contributed by atoms with van der Waals surface area (Å²) in [5, 5.41) is 3.25. The molecular weight excluding hydrogens is 212 g/mol. The molecule has 0 bridgehead atoms. The summed E-state index contributed by atoms with van der Waals surface area (Å²) in [6.07, 6.45) is 4.01. The molecule has 1 fully saturated rings. The number of hydrogen-bond acceptors (Lipinski definition) is 4. The second-order valence-corrected chi connectivity index (χ2v) is 4.84. The number of hydrogen-bond donors (Lipinski definition) is 1. The molecule has 1 aromatic heterocycles. The third-order valence-electron chi connectivity index (χ3n) is 3.35. The van der Waals surface area contributed by atoms with Crippen molar-refractivity contribution in [1.29, 1.82) is 0 Å². The Balaban J connectivity index is 2.03. The Morgan fingerprint density at radius 1 is 1.41 bits per heavy atom. The van der Waals surface area contributed by atoms with Gasteiger partial charge in [0, 0.05) is 24.3 Å². The van der Waals surface area contributed by atoms with Gasteiger partial charge in [-0.05, 0) is 33.7 Å². The first-order valence-corrected chi connectivity index (χ1v) is 6.47. The minimum absolute atomic E-state index is 0.738. The van der Waals surface area contributed by atoms with E-state index in [4.69, 9.17) is 0 Å². The highest BCUT2D eigenvalue weighted by molar-refractivity contribution is 5.35. The molecule has 0 aromatic carbocycles. The van der Waals surface area contributed by atoms with Crippen molar-refractivity contribution in [2.75, 3.05) is 18.9 Å². The molecule has 1 heterocycles. The average molecular weight is 234 g/mol. The van der Waals surface area contributed by atoms with Crippen LogP contribution in [0.5, 0.6) is 0 Å². The van der Waals surface area contributed by atoms with Crippen LogP contribution in [0.4, 0.5) is 5.82 Å². The van der Waals surface area contributed by atoms with Gasteiger partial charge >= 0.3 is 0 Å². The lowest BCUT2D eigenvalue weighted by Crippen LogP contribution is -2.37. The Morgan fingerprint density at radius 3 is 2.76 bits per heavy atom. The molecule has 0 radical (unpaired) electrons. The molecule has 0 atom stereocenters. The molecule has 94 valence electrons. The maximum Gasteiger partial charge on any atom is 0.144 e. The lowest BCUT2D eigenvalue weighted by Gasteiger charge is -2.34. The Morgan fingerprint density at radius 2 is 2.18 bits per heavy atom. The third-order valence-corrected chi connectivity index (χ3v) is 3.35. The normalized spacial score (nSPS) is 16.0. The standard InChI is InChI=1S/C13H22N4/c1-4-14-12-8-10(2)15-13(16-12)9-17(3)11-6-5-7-11/h8,11H,4-7,9H2,1-3H3,(H,14,15,16). The molecule has 1 aliphatic carbocycles. The fourth-order valence-electron chi connectivity index (χ4n) is 2.15. The molecule has 1 saturated carbocycles. The quantitative estimate of drug-likeness (QED) is 0.848. The van der Waals surface area contributed by atoms with Gasteiger partial charge in [0.2, 0.25) is 0 Å². The van der Waals surface area contributed by atoms with Crippen LogP contribution in [-0.2, 0) is 6.54 Å². The van der Waals surface area contributed by atoms with Crippen molar-refractivity contribution in [3.05, 3.63) is 17.6 Å². The van der Waals surface area contributed by atoms with Crippen LogP contribution in [0.25, 0.3) is 0 Å².